The zero-order chi connectivity index (χ0) is 22.5. The van der Waals surface area contributed by atoms with E-state index in [9.17, 15) is 8.78 Å². The molecule has 0 saturated heterocycles. The van der Waals surface area contributed by atoms with E-state index in [2.05, 4.69) is 56.3 Å². The Labute approximate surface area is 189 Å². The second-order valence-electron chi connectivity index (χ2n) is 8.23. The van der Waals surface area contributed by atoms with Gasteiger partial charge in [-0.1, -0.05) is 93.1 Å². The van der Waals surface area contributed by atoms with E-state index < -0.39 is 11.6 Å². The van der Waals surface area contributed by atoms with Crippen molar-refractivity contribution in [1.29, 1.82) is 0 Å². The predicted molar refractivity (Wildman–Crippen MR) is 131 cm³/mol. The normalized spacial score (nSPS) is 11.0. The molecule has 0 heterocycles. The topological polar surface area (TPSA) is 0 Å². The van der Waals surface area contributed by atoms with Crippen LogP contribution in [0.15, 0.2) is 84.9 Å². The highest BCUT2D eigenvalue weighted by Crippen LogP contribution is 2.31. The van der Waals surface area contributed by atoms with Crippen LogP contribution in [0.25, 0.3) is 33.4 Å². The van der Waals surface area contributed by atoms with Gasteiger partial charge in [0, 0.05) is 0 Å². The van der Waals surface area contributed by atoms with E-state index in [-0.39, 0.29) is 0 Å². The van der Waals surface area contributed by atoms with Crippen LogP contribution in [0.3, 0.4) is 0 Å². The van der Waals surface area contributed by atoms with E-state index in [1.807, 2.05) is 24.3 Å². The molecule has 32 heavy (non-hydrogen) atoms. The van der Waals surface area contributed by atoms with Crippen LogP contribution >= 0.6 is 0 Å². The molecule has 0 bridgehead atoms. The van der Waals surface area contributed by atoms with Gasteiger partial charge in [0.15, 0.2) is 11.6 Å². The van der Waals surface area contributed by atoms with E-state index in [1.54, 1.807) is 6.07 Å². The lowest BCUT2D eigenvalue weighted by Crippen LogP contribution is -1.91. The summed E-state index contributed by atoms with van der Waals surface area (Å²) in [5, 5.41) is 0. The van der Waals surface area contributed by atoms with Crippen molar-refractivity contribution in [2.24, 2.45) is 0 Å². The van der Waals surface area contributed by atoms with Crippen LogP contribution in [0.2, 0.25) is 0 Å². The van der Waals surface area contributed by atoms with Crippen molar-refractivity contribution in [2.75, 3.05) is 0 Å². The fraction of sp³-hybridized carbons (Fsp3) is 0.200. The van der Waals surface area contributed by atoms with E-state index in [1.165, 1.54) is 47.2 Å². The Morgan fingerprint density at radius 1 is 0.562 bits per heavy atom. The van der Waals surface area contributed by atoms with Crippen LogP contribution in [-0.4, -0.2) is 0 Å². The molecule has 0 aromatic heterocycles. The van der Waals surface area contributed by atoms with Crippen LogP contribution in [0.1, 0.15) is 37.8 Å². The van der Waals surface area contributed by atoms with Gasteiger partial charge in [0.05, 0.1) is 0 Å². The number of hydrogen-bond acceptors (Lipinski definition) is 0. The van der Waals surface area contributed by atoms with Crippen LogP contribution in [0.5, 0.6) is 0 Å². The lowest BCUT2D eigenvalue weighted by atomic mass is 9.92. The first-order valence-electron chi connectivity index (χ1n) is 11.4. The predicted octanol–water partition coefficient (Wildman–Crippen LogP) is 8.87. The lowest BCUT2D eigenvalue weighted by Gasteiger charge is -2.12. The van der Waals surface area contributed by atoms with E-state index in [0.717, 1.165) is 29.5 Å². The molecule has 2 heteroatoms. The molecule has 0 unspecified atom stereocenters. The zero-order valence-electron chi connectivity index (χ0n) is 18.7. The number of rotatable bonds is 7. The smallest absolute Gasteiger partial charge is 0.159 e. The SMILES string of the molecule is CCCCc1ccc(-c2ccc(-c3ccc(-c4ccc(F)c(F)c4)cc3)cc2CC)cc1. The molecular weight excluding hydrogens is 398 g/mol. The van der Waals surface area contributed by atoms with E-state index in [4.69, 9.17) is 0 Å². The summed E-state index contributed by atoms with van der Waals surface area (Å²) in [5.41, 5.74) is 9.03. The molecule has 0 N–H and O–H groups in total. The molecule has 162 valence electrons. The number of halogens is 2. The maximum absolute atomic E-state index is 13.6. The molecule has 0 aliphatic heterocycles. The van der Waals surface area contributed by atoms with Gasteiger partial charge >= 0.3 is 0 Å². The van der Waals surface area contributed by atoms with Crippen LogP contribution in [0, 0.1) is 11.6 Å². The van der Waals surface area contributed by atoms with Crippen molar-refractivity contribution in [1.82, 2.24) is 0 Å². The maximum atomic E-state index is 13.6. The Kier molecular flexibility index (Phi) is 6.80. The third kappa shape index (κ3) is 4.80. The van der Waals surface area contributed by atoms with Crippen molar-refractivity contribution in [3.63, 3.8) is 0 Å². The molecular formula is C30H28F2. The minimum Gasteiger partial charge on any atom is -0.204 e. The third-order valence-corrected chi connectivity index (χ3v) is 6.04. The summed E-state index contributed by atoms with van der Waals surface area (Å²) in [6.45, 7) is 4.41. The second kappa shape index (κ2) is 9.91. The minimum atomic E-state index is -0.826. The van der Waals surface area contributed by atoms with E-state index >= 15 is 0 Å². The fourth-order valence-electron chi connectivity index (χ4n) is 4.11. The first-order valence-corrected chi connectivity index (χ1v) is 11.4. The zero-order valence-corrected chi connectivity index (χ0v) is 18.7. The number of hydrogen-bond donors (Lipinski definition) is 0. The molecule has 4 aromatic carbocycles. The lowest BCUT2D eigenvalue weighted by molar-refractivity contribution is 0.509. The summed E-state index contributed by atoms with van der Waals surface area (Å²) in [6, 6.07) is 27.6. The highest BCUT2D eigenvalue weighted by atomic mass is 19.2. The fourth-order valence-corrected chi connectivity index (χ4v) is 4.11. The first kappa shape index (κ1) is 22.0. The van der Waals surface area contributed by atoms with Gasteiger partial charge < -0.3 is 0 Å². The molecule has 0 aliphatic carbocycles. The van der Waals surface area contributed by atoms with Crippen LogP contribution in [0.4, 0.5) is 8.78 Å². The van der Waals surface area contributed by atoms with Gasteiger partial charge in [0.1, 0.15) is 0 Å². The second-order valence-corrected chi connectivity index (χ2v) is 8.23. The average molecular weight is 427 g/mol. The Morgan fingerprint density at radius 3 is 1.72 bits per heavy atom. The van der Waals surface area contributed by atoms with Gasteiger partial charge in [-0.25, -0.2) is 8.78 Å². The summed E-state index contributed by atoms with van der Waals surface area (Å²) in [5.74, 6) is -1.65. The molecule has 4 aromatic rings. The summed E-state index contributed by atoms with van der Waals surface area (Å²) in [6.07, 6.45) is 4.53. The third-order valence-electron chi connectivity index (χ3n) is 6.04. The monoisotopic (exact) mass is 426 g/mol. The quantitative estimate of drug-likeness (QED) is 0.277. The molecule has 0 fully saturated rings. The molecule has 0 spiro atoms. The van der Waals surface area contributed by atoms with E-state index in [0.29, 0.717) is 5.56 Å². The van der Waals surface area contributed by atoms with Gasteiger partial charge in [0.25, 0.3) is 0 Å². The van der Waals surface area contributed by atoms with Crippen LogP contribution < -0.4 is 0 Å². The summed E-state index contributed by atoms with van der Waals surface area (Å²) < 4.78 is 26.8. The molecule has 4 rings (SSSR count). The van der Waals surface area contributed by atoms with Crippen molar-refractivity contribution < 1.29 is 8.78 Å². The first-order chi connectivity index (χ1) is 15.6. The molecule has 0 atom stereocenters. The standard InChI is InChI=1S/C30H28F2/c1-3-5-6-21-7-9-25(10-8-21)28-17-15-26(19-22(28)4-2)23-11-13-24(14-12-23)27-16-18-29(31)30(32)20-27/h7-20H,3-6H2,1-2H3. The minimum absolute atomic E-state index is 0.669. The number of benzene rings is 4. The average Bonchev–Trinajstić information content (AvgIpc) is 2.84. The van der Waals surface area contributed by atoms with Crippen molar-refractivity contribution >= 4 is 0 Å². The largest absolute Gasteiger partial charge is 0.204 e. The highest BCUT2D eigenvalue weighted by molar-refractivity contribution is 5.75. The molecule has 0 amide bonds. The Balaban J connectivity index is 1.59. The van der Waals surface area contributed by atoms with Crippen molar-refractivity contribution in [2.45, 2.75) is 39.5 Å². The van der Waals surface area contributed by atoms with Crippen LogP contribution in [-0.2, 0) is 12.8 Å². The highest BCUT2D eigenvalue weighted by Gasteiger charge is 2.09. The number of aryl methyl sites for hydroxylation is 2. The molecule has 0 radical (unpaired) electrons. The summed E-state index contributed by atoms with van der Waals surface area (Å²) >= 11 is 0. The maximum Gasteiger partial charge on any atom is 0.159 e. The van der Waals surface area contributed by atoms with Gasteiger partial charge in [-0.3, -0.25) is 0 Å². The molecule has 0 nitrogen and oxygen atoms in total. The summed E-state index contributed by atoms with van der Waals surface area (Å²) in [4.78, 5) is 0. The van der Waals surface area contributed by atoms with Crippen molar-refractivity contribution in [3.8, 4) is 33.4 Å². The Hall–Kier alpha value is -3.26. The van der Waals surface area contributed by atoms with Gasteiger partial charge in [-0.05, 0) is 75.9 Å². The summed E-state index contributed by atoms with van der Waals surface area (Å²) in [7, 11) is 0. The Morgan fingerprint density at radius 2 is 1.12 bits per heavy atom. The van der Waals surface area contributed by atoms with Gasteiger partial charge in [0.2, 0.25) is 0 Å². The number of unbranched alkanes of at least 4 members (excludes halogenated alkanes) is 1. The van der Waals surface area contributed by atoms with Gasteiger partial charge in [-0.15, -0.1) is 0 Å². The molecule has 0 saturated carbocycles. The van der Waals surface area contributed by atoms with Crippen molar-refractivity contribution in [3.05, 3.63) is 108 Å². The van der Waals surface area contributed by atoms with Gasteiger partial charge in [-0.2, -0.15) is 0 Å². The Bertz CT molecular complexity index is 1190. The molecule has 0 aliphatic rings.